The largest absolute Gasteiger partial charge is 0.495 e. The van der Waals surface area contributed by atoms with Crippen molar-refractivity contribution in [2.75, 3.05) is 12.4 Å². The Hall–Kier alpha value is -2.49. The molecule has 30 heavy (non-hydrogen) atoms. The van der Waals surface area contributed by atoms with E-state index < -0.39 is 22.0 Å². The van der Waals surface area contributed by atoms with Crippen molar-refractivity contribution in [2.24, 2.45) is 5.92 Å². The standard InChI is InChI=1S/C21H25N3O4S2/c1-12(2)20(21(25)23-17-10-13(3)6-9-18(17)28-5)24-30(26,27)15-7-8-16-19(11-15)29-14(4)22-16/h6-12,20,24H,1-5H3,(H,23,25)/t20-/m1/s1. The third kappa shape index (κ3) is 4.80. The van der Waals surface area contributed by atoms with E-state index in [0.29, 0.717) is 11.4 Å². The van der Waals surface area contributed by atoms with Crippen molar-refractivity contribution in [3.05, 3.63) is 47.0 Å². The minimum absolute atomic E-state index is 0.102. The van der Waals surface area contributed by atoms with Crippen LogP contribution in [0, 0.1) is 19.8 Å². The maximum atomic E-state index is 13.0. The van der Waals surface area contributed by atoms with E-state index in [1.54, 1.807) is 38.1 Å². The highest BCUT2D eigenvalue weighted by atomic mass is 32.2. The molecule has 0 bridgehead atoms. The summed E-state index contributed by atoms with van der Waals surface area (Å²) in [6.45, 7) is 7.34. The van der Waals surface area contributed by atoms with Crippen LogP contribution in [-0.4, -0.2) is 32.5 Å². The summed E-state index contributed by atoms with van der Waals surface area (Å²) in [7, 11) is -2.40. The van der Waals surface area contributed by atoms with Crippen LogP contribution in [0.1, 0.15) is 24.4 Å². The molecule has 0 fully saturated rings. The quantitative estimate of drug-likeness (QED) is 0.573. The molecule has 0 aliphatic heterocycles. The number of carbonyl (C=O) groups is 1. The molecule has 1 atom stereocenters. The SMILES string of the molecule is COc1ccc(C)cc1NC(=O)[C@H](NS(=O)(=O)c1ccc2nc(C)sc2c1)C(C)C. The number of methoxy groups -OCH3 is 1. The zero-order valence-electron chi connectivity index (χ0n) is 17.5. The van der Waals surface area contributed by atoms with Crippen LogP contribution >= 0.6 is 11.3 Å². The number of anilines is 1. The summed E-state index contributed by atoms with van der Waals surface area (Å²) in [5.41, 5.74) is 2.19. The van der Waals surface area contributed by atoms with Gasteiger partial charge in [-0.25, -0.2) is 13.4 Å². The number of aryl methyl sites for hydroxylation is 2. The number of thiazole rings is 1. The Morgan fingerprint density at radius 3 is 2.53 bits per heavy atom. The van der Waals surface area contributed by atoms with E-state index in [0.717, 1.165) is 20.8 Å². The average Bonchev–Trinajstić information content (AvgIpc) is 3.05. The first-order chi connectivity index (χ1) is 14.1. The fourth-order valence-corrected chi connectivity index (χ4v) is 5.36. The Morgan fingerprint density at radius 2 is 1.87 bits per heavy atom. The van der Waals surface area contributed by atoms with Gasteiger partial charge in [-0.05, 0) is 55.7 Å². The van der Waals surface area contributed by atoms with Crippen molar-refractivity contribution in [1.29, 1.82) is 0 Å². The number of amides is 1. The van der Waals surface area contributed by atoms with E-state index in [-0.39, 0.29) is 10.8 Å². The van der Waals surface area contributed by atoms with E-state index in [4.69, 9.17) is 4.74 Å². The maximum Gasteiger partial charge on any atom is 0.242 e. The molecule has 9 heteroatoms. The predicted octanol–water partition coefficient (Wildman–Crippen LogP) is 3.86. The lowest BCUT2D eigenvalue weighted by Crippen LogP contribution is -2.47. The average molecular weight is 448 g/mol. The fourth-order valence-electron chi connectivity index (χ4n) is 3.04. The second-order valence-corrected chi connectivity index (χ2v) is 10.3. The van der Waals surface area contributed by atoms with E-state index >= 15 is 0 Å². The van der Waals surface area contributed by atoms with Crippen molar-refractivity contribution >= 4 is 43.2 Å². The first kappa shape index (κ1) is 22.2. The van der Waals surface area contributed by atoms with Crippen LogP contribution in [0.3, 0.4) is 0 Å². The Morgan fingerprint density at radius 1 is 1.13 bits per heavy atom. The third-order valence-electron chi connectivity index (χ3n) is 4.62. The minimum atomic E-state index is -3.91. The molecule has 1 heterocycles. The molecule has 1 amide bonds. The Balaban J connectivity index is 1.86. The van der Waals surface area contributed by atoms with E-state index in [1.165, 1.54) is 24.5 Å². The van der Waals surface area contributed by atoms with Gasteiger partial charge in [0.25, 0.3) is 0 Å². The molecule has 0 radical (unpaired) electrons. The molecule has 160 valence electrons. The fraction of sp³-hybridized carbons (Fsp3) is 0.333. The van der Waals surface area contributed by atoms with Crippen molar-refractivity contribution < 1.29 is 17.9 Å². The number of sulfonamides is 1. The minimum Gasteiger partial charge on any atom is -0.495 e. The van der Waals surface area contributed by atoms with Crippen LogP contribution < -0.4 is 14.8 Å². The zero-order valence-corrected chi connectivity index (χ0v) is 19.1. The first-order valence-electron chi connectivity index (χ1n) is 9.45. The number of nitrogens with zero attached hydrogens (tertiary/aromatic N) is 1. The van der Waals surface area contributed by atoms with Crippen molar-refractivity contribution in [2.45, 2.75) is 38.6 Å². The summed E-state index contributed by atoms with van der Waals surface area (Å²) >= 11 is 1.42. The molecule has 0 spiro atoms. The van der Waals surface area contributed by atoms with Crippen LogP contribution in [0.5, 0.6) is 5.75 Å². The Kier molecular flexibility index (Phi) is 6.44. The number of nitrogens with one attached hydrogen (secondary N) is 2. The number of fused-ring (bicyclic) bond motifs is 1. The monoisotopic (exact) mass is 447 g/mol. The smallest absolute Gasteiger partial charge is 0.242 e. The third-order valence-corrected chi connectivity index (χ3v) is 6.99. The number of hydrogen-bond donors (Lipinski definition) is 2. The Labute approximate surface area is 180 Å². The molecule has 2 N–H and O–H groups in total. The highest BCUT2D eigenvalue weighted by Gasteiger charge is 2.29. The van der Waals surface area contributed by atoms with Gasteiger partial charge in [0.15, 0.2) is 0 Å². The number of hydrogen-bond acceptors (Lipinski definition) is 6. The molecule has 0 saturated heterocycles. The highest BCUT2D eigenvalue weighted by molar-refractivity contribution is 7.89. The lowest BCUT2D eigenvalue weighted by Gasteiger charge is -2.22. The van der Waals surface area contributed by atoms with E-state index in [2.05, 4.69) is 15.0 Å². The van der Waals surface area contributed by atoms with Crippen LogP contribution in [0.25, 0.3) is 10.2 Å². The molecule has 7 nitrogen and oxygen atoms in total. The van der Waals surface area contributed by atoms with E-state index in [1.807, 2.05) is 19.9 Å². The second kappa shape index (κ2) is 8.71. The van der Waals surface area contributed by atoms with Crippen LogP contribution in [-0.2, 0) is 14.8 Å². The first-order valence-corrected chi connectivity index (χ1v) is 11.8. The normalized spacial score (nSPS) is 12.9. The molecule has 0 aliphatic carbocycles. The molecular weight excluding hydrogens is 422 g/mol. The summed E-state index contributed by atoms with van der Waals surface area (Å²) in [6.07, 6.45) is 0. The molecule has 3 rings (SSSR count). The summed E-state index contributed by atoms with van der Waals surface area (Å²) in [5, 5.41) is 3.65. The number of ether oxygens (including phenoxy) is 1. The van der Waals surface area contributed by atoms with Crippen molar-refractivity contribution in [3.63, 3.8) is 0 Å². The highest BCUT2D eigenvalue weighted by Crippen LogP contribution is 2.27. The zero-order chi connectivity index (χ0) is 22.1. The maximum absolute atomic E-state index is 13.0. The molecule has 2 aromatic carbocycles. The van der Waals surface area contributed by atoms with Gasteiger partial charge in [0.1, 0.15) is 11.8 Å². The molecule has 3 aromatic rings. The predicted molar refractivity (Wildman–Crippen MR) is 120 cm³/mol. The van der Waals surface area contributed by atoms with Gasteiger partial charge in [0, 0.05) is 0 Å². The number of aromatic nitrogens is 1. The summed E-state index contributed by atoms with van der Waals surface area (Å²) < 4.78 is 34.6. The van der Waals surface area contributed by atoms with Crippen LogP contribution in [0.15, 0.2) is 41.3 Å². The van der Waals surface area contributed by atoms with E-state index in [9.17, 15) is 13.2 Å². The molecule has 1 aromatic heterocycles. The topological polar surface area (TPSA) is 97.4 Å². The molecule has 0 saturated carbocycles. The van der Waals surface area contributed by atoms with Gasteiger partial charge >= 0.3 is 0 Å². The lowest BCUT2D eigenvalue weighted by molar-refractivity contribution is -0.118. The number of benzene rings is 2. The van der Waals surface area contributed by atoms with Gasteiger partial charge in [0.05, 0.1) is 32.9 Å². The summed E-state index contributed by atoms with van der Waals surface area (Å²) in [5.74, 6) is -0.220. The number of rotatable bonds is 7. The van der Waals surface area contributed by atoms with Gasteiger partial charge in [0.2, 0.25) is 15.9 Å². The number of carbonyl (C=O) groups excluding carboxylic acids is 1. The van der Waals surface area contributed by atoms with Crippen LogP contribution in [0.2, 0.25) is 0 Å². The second-order valence-electron chi connectivity index (χ2n) is 7.40. The van der Waals surface area contributed by atoms with Crippen LogP contribution in [0.4, 0.5) is 5.69 Å². The summed E-state index contributed by atoms with van der Waals surface area (Å²) in [4.78, 5) is 17.4. The van der Waals surface area contributed by atoms with Gasteiger partial charge in [-0.15, -0.1) is 11.3 Å². The summed E-state index contributed by atoms with van der Waals surface area (Å²) in [6, 6.07) is 9.21. The van der Waals surface area contributed by atoms with Gasteiger partial charge in [-0.3, -0.25) is 4.79 Å². The Bertz CT molecular complexity index is 1190. The van der Waals surface area contributed by atoms with Gasteiger partial charge < -0.3 is 10.1 Å². The molecule has 0 aliphatic rings. The van der Waals surface area contributed by atoms with Gasteiger partial charge in [-0.2, -0.15) is 4.72 Å². The molecular formula is C21H25N3O4S2. The lowest BCUT2D eigenvalue weighted by atomic mass is 10.0. The van der Waals surface area contributed by atoms with Gasteiger partial charge in [-0.1, -0.05) is 19.9 Å². The van der Waals surface area contributed by atoms with Crippen molar-refractivity contribution in [1.82, 2.24) is 9.71 Å². The molecule has 0 unspecified atom stereocenters. The van der Waals surface area contributed by atoms with Crippen molar-refractivity contribution in [3.8, 4) is 5.75 Å².